The summed E-state index contributed by atoms with van der Waals surface area (Å²) >= 11 is 15.2. The average molecular weight is 350 g/mol. The number of alkyl halides is 1. The van der Waals surface area contributed by atoms with Gasteiger partial charge in [-0.1, -0.05) is 51.3 Å². The molecule has 0 spiro atoms. The van der Waals surface area contributed by atoms with Crippen molar-refractivity contribution < 1.29 is 9.53 Å². The molecule has 1 aromatic rings. The predicted octanol–water partition coefficient (Wildman–Crippen LogP) is 4.41. The first-order chi connectivity index (χ1) is 8.58. The van der Waals surface area contributed by atoms with Crippen LogP contribution in [0.5, 0.6) is 0 Å². The number of rotatable bonds is 4. The number of methoxy groups -OCH3 is 1. The van der Waals surface area contributed by atoms with Gasteiger partial charge in [-0.3, -0.25) is 0 Å². The molecule has 0 heterocycles. The largest absolute Gasteiger partial charge is 0.466 e. The van der Waals surface area contributed by atoms with Gasteiger partial charge in [0.1, 0.15) is 0 Å². The van der Waals surface area contributed by atoms with Gasteiger partial charge in [0.25, 0.3) is 0 Å². The van der Waals surface area contributed by atoms with E-state index in [1.54, 1.807) is 24.3 Å². The van der Waals surface area contributed by atoms with Gasteiger partial charge in [-0.25, -0.2) is 4.79 Å². The van der Waals surface area contributed by atoms with E-state index in [-0.39, 0.29) is 0 Å². The van der Waals surface area contributed by atoms with Crippen LogP contribution in [0, 0.1) is 0 Å². The summed E-state index contributed by atoms with van der Waals surface area (Å²) in [6.07, 6.45) is 3.25. The molecule has 18 heavy (non-hydrogen) atoms. The average Bonchev–Trinajstić information content (AvgIpc) is 2.38. The zero-order valence-electron chi connectivity index (χ0n) is 9.62. The lowest BCUT2D eigenvalue weighted by Gasteiger charge is -2.01. The highest BCUT2D eigenvalue weighted by Crippen LogP contribution is 2.22. The van der Waals surface area contributed by atoms with Gasteiger partial charge >= 0.3 is 5.97 Å². The van der Waals surface area contributed by atoms with E-state index in [0.29, 0.717) is 21.0 Å². The van der Waals surface area contributed by atoms with E-state index in [0.717, 1.165) is 5.56 Å². The fourth-order valence-corrected chi connectivity index (χ4v) is 1.99. The van der Waals surface area contributed by atoms with Crippen molar-refractivity contribution in [3.05, 3.63) is 52.6 Å². The van der Waals surface area contributed by atoms with Gasteiger partial charge in [0, 0.05) is 21.0 Å². The molecule has 2 nitrogen and oxygen atoms in total. The Hall–Kier alpha value is -0.770. The first kappa shape index (κ1) is 15.3. The van der Waals surface area contributed by atoms with E-state index in [1.807, 2.05) is 12.1 Å². The Morgan fingerprint density at radius 3 is 2.72 bits per heavy atom. The molecule has 0 radical (unpaired) electrons. The van der Waals surface area contributed by atoms with Crippen LogP contribution in [0.15, 0.2) is 42.0 Å². The molecular weight excluding hydrogens is 339 g/mol. The van der Waals surface area contributed by atoms with Crippen LogP contribution in [0.25, 0.3) is 5.03 Å². The van der Waals surface area contributed by atoms with E-state index < -0.39 is 5.97 Å². The molecule has 0 unspecified atom stereocenters. The summed E-state index contributed by atoms with van der Waals surface area (Å²) < 4.78 is 4.63. The molecule has 0 amide bonds. The number of hydrogen-bond acceptors (Lipinski definition) is 2. The molecule has 0 fully saturated rings. The lowest BCUT2D eigenvalue weighted by atomic mass is 10.2. The minimum Gasteiger partial charge on any atom is -0.466 e. The zero-order chi connectivity index (χ0) is 13.5. The monoisotopic (exact) mass is 348 g/mol. The first-order valence-electron chi connectivity index (χ1n) is 5.05. The lowest BCUT2D eigenvalue weighted by molar-refractivity contribution is -0.135. The van der Waals surface area contributed by atoms with Gasteiger partial charge in [-0.05, 0) is 29.8 Å². The normalized spacial score (nSPS) is 12.4. The molecule has 96 valence electrons. The van der Waals surface area contributed by atoms with Crippen molar-refractivity contribution in [2.75, 3.05) is 12.4 Å². The molecule has 1 aromatic carbocycles. The summed E-state index contributed by atoms with van der Waals surface area (Å²) in [4.78, 5) is 11.3. The van der Waals surface area contributed by atoms with Crippen molar-refractivity contribution in [3.8, 4) is 0 Å². The molecule has 0 bridgehead atoms. The highest BCUT2D eigenvalue weighted by molar-refractivity contribution is 9.09. The number of hydrogen-bond donors (Lipinski definition) is 0. The van der Waals surface area contributed by atoms with Crippen molar-refractivity contribution >= 4 is 50.1 Å². The Balaban J connectivity index is 2.96. The summed E-state index contributed by atoms with van der Waals surface area (Å²) in [6, 6.07) is 7.16. The number of halogens is 3. The van der Waals surface area contributed by atoms with Crippen molar-refractivity contribution in [2.45, 2.75) is 0 Å². The summed E-state index contributed by atoms with van der Waals surface area (Å²) in [5, 5.41) is 1.51. The van der Waals surface area contributed by atoms with E-state index in [1.165, 1.54) is 7.11 Å². The van der Waals surface area contributed by atoms with Crippen molar-refractivity contribution in [1.82, 2.24) is 0 Å². The van der Waals surface area contributed by atoms with Crippen molar-refractivity contribution in [2.24, 2.45) is 0 Å². The molecular formula is C13H11BrCl2O2. The van der Waals surface area contributed by atoms with Crippen LogP contribution in [0.2, 0.25) is 5.02 Å². The van der Waals surface area contributed by atoms with E-state index >= 15 is 0 Å². The van der Waals surface area contributed by atoms with Crippen LogP contribution in [0.4, 0.5) is 0 Å². The molecule has 1 rings (SSSR count). The molecule has 0 aliphatic rings. The summed E-state index contributed by atoms with van der Waals surface area (Å²) in [6.45, 7) is 0. The molecule has 0 saturated carbocycles. The van der Waals surface area contributed by atoms with Gasteiger partial charge in [-0.2, -0.15) is 0 Å². The second kappa shape index (κ2) is 7.62. The van der Waals surface area contributed by atoms with Crippen LogP contribution < -0.4 is 0 Å². The number of esters is 1. The Morgan fingerprint density at radius 2 is 2.17 bits per heavy atom. The quantitative estimate of drug-likeness (QED) is 0.348. The molecule has 0 saturated heterocycles. The second-order valence-electron chi connectivity index (χ2n) is 3.34. The fraction of sp³-hybridized carbons (Fsp3) is 0.154. The van der Waals surface area contributed by atoms with Crippen LogP contribution in [-0.2, 0) is 9.53 Å². The molecule has 0 aliphatic heterocycles. The van der Waals surface area contributed by atoms with Gasteiger partial charge in [-0.15, -0.1) is 0 Å². The third-order valence-electron chi connectivity index (χ3n) is 2.12. The molecule has 0 N–H and O–H groups in total. The second-order valence-corrected chi connectivity index (χ2v) is 4.75. The fourth-order valence-electron chi connectivity index (χ4n) is 1.21. The third-order valence-corrected chi connectivity index (χ3v) is 3.31. The minimum absolute atomic E-state index is 0.390. The van der Waals surface area contributed by atoms with Crippen LogP contribution >= 0.6 is 39.1 Å². The highest BCUT2D eigenvalue weighted by atomic mass is 79.9. The Bertz CT molecular complexity index is 496. The Labute approximate surface area is 124 Å². The number of carbonyl (C=O) groups is 1. The predicted molar refractivity (Wildman–Crippen MR) is 79.2 cm³/mol. The molecule has 0 atom stereocenters. The van der Waals surface area contributed by atoms with Crippen LogP contribution in [0.3, 0.4) is 0 Å². The Kier molecular flexibility index (Phi) is 6.47. The zero-order valence-corrected chi connectivity index (χ0v) is 12.7. The maximum Gasteiger partial charge on any atom is 0.334 e. The third kappa shape index (κ3) is 4.48. The van der Waals surface area contributed by atoms with Crippen molar-refractivity contribution in [1.29, 1.82) is 0 Å². The topological polar surface area (TPSA) is 26.3 Å². The lowest BCUT2D eigenvalue weighted by Crippen LogP contribution is -2.05. The Morgan fingerprint density at radius 1 is 1.44 bits per heavy atom. The van der Waals surface area contributed by atoms with Crippen molar-refractivity contribution in [3.63, 3.8) is 0 Å². The maximum absolute atomic E-state index is 11.3. The SMILES string of the molecule is COC(=O)/C(=C/C=C(\Cl)c1cccc(Cl)c1)CBr. The van der Waals surface area contributed by atoms with Gasteiger partial charge in [0.15, 0.2) is 0 Å². The van der Waals surface area contributed by atoms with Crippen LogP contribution in [0.1, 0.15) is 5.56 Å². The summed E-state index contributed by atoms with van der Waals surface area (Å²) in [5.41, 5.74) is 1.27. The minimum atomic E-state index is -0.390. The molecule has 5 heteroatoms. The van der Waals surface area contributed by atoms with E-state index in [9.17, 15) is 4.79 Å². The number of allylic oxidation sites excluding steroid dienone is 2. The summed E-state index contributed by atoms with van der Waals surface area (Å²) in [5.74, 6) is -0.390. The van der Waals surface area contributed by atoms with Crippen LogP contribution in [-0.4, -0.2) is 18.4 Å². The molecule has 0 aliphatic carbocycles. The van der Waals surface area contributed by atoms with Gasteiger partial charge < -0.3 is 4.74 Å². The van der Waals surface area contributed by atoms with E-state index in [2.05, 4.69) is 20.7 Å². The standard InChI is InChI=1S/C13H11BrCl2O2/c1-18-13(17)10(8-14)5-6-12(16)9-3-2-4-11(15)7-9/h2-7H,8H2,1H3/b10-5+,12-6-. The van der Waals surface area contributed by atoms with E-state index in [4.69, 9.17) is 23.2 Å². The summed E-state index contributed by atoms with van der Waals surface area (Å²) in [7, 11) is 1.33. The number of benzene rings is 1. The highest BCUT2D eigenvalue weighted by Gasteiger charge is 2.06. The van der Waals surface area contributed by atoms with Gasteiger partial charge in [0.05, 0.1) is 7.11 Å². The van der Waals surface area contributed by atoms with Gasteiger partial charge in [0.2, 0.25) is 0 Å². The molecule has 0 aromatic heterocycles. The first-order valence-corrected chi connectivity index (χ1v) is 6.92. The number of ether oxygens (including phenoxy) is 1. The smallest absolute Gasteiger partial charge is 0.334 e. The maximum atomic E-state index is 11.3. The number of carbonyl (C=O) groups excluding carboxylic acids is 1.